The molecule has 0 amide bonds. The maximum atomic E-state index is 12.8. The molecular formula is C21H22N4O. The Morgan fingerprint density at radius 3 is 2.42 bits per heavy atom. The van der Waals surface area contributed by atoms with Crippen molar-refractivity contribution >= 4 is 22.9 Å². The number of para-hydroxylation sites is 2. The van der Waals surface area contributed by atoms with E-state index in [1.54, 1.807) is 0 Å². The van der Waals surface area contributed by atoms with Gasteiger partial charge in [0.15, 0.2) is 0 Å². The van der Waals surface area contributed by atoms with Gasteiger partial charge in [-0.3, -0.25) is 9.80 Å². The summed E-state index contributed by atoms with van der Waals surface area (Å²) in [5.74, 6) is 0.838. The van der Waals surface area contributed by atoms with Crippen LogP contribution in [0.3, 0.4) is 0 Å². The Morgan fingerprint density at radius 2 is 1.65 bits per heavy atom. The largest absolute Gasteiger partial charge is 0.321 e. The molecule has 2 aromatic carbocycles. The van der Waals surface area contributed by atoms with Crippen LogP contribution in [0.5, 0.6) is 0 Å². The highest BCUT2D eigenvalue weighted by molar-refractivity contribution is 5.98. The van der Waals surface area contributed by atoms with Gasteiger partial charge in [0.2, 0.25) is 0 Å². The van der Waals surface area contributed by atoms with E-state index in [0.717, 1.165) is 24.2 Å². The third kappa shape index (κ3) is 2.59. The number of hydrazine groups is 1. The summed E-state index contributed by atoms with van der Waals surface area (Å²) in [5, 5.41) is 7.01. The zero-order chi connectivity index (χ0) is 17.5. The van der Waals surface area contributed by atoms with Gasteiger partial charge in [0, 0.05) is 42.1 Å². The molecule has 2 bridgehead atoms. The van der Waals surface area contributed by atoms with Gasteiger partial charge in [-0.25, -0.2) is 5.43 Å². The van der Waals surface area contributed by atoms with Crippen molar-refractivity contribution < 1.29 is 4.79 Å². The molecule has 1 aliphatic heterocycles. The van der Waals surface area contributed by atoms with Crippen LogP contribution in [0.25, 0.3) is 0 Å². The van der Waals surface area contributed by atoms with Gasteiger partial charge in [0.05, 0.1) is 11.7 Å². The van der Waals surface area contributed by atoms with Crippen LogP contribution in [-0.4, -0.2) is 23.6 Å². The smallest absolute Gasteiger partial charge is 0.139 e. The van der Waals surface area contributed by atoms with Crippen LogP contribution in [0.4, 0.5) is 11.4 Å². The van der Waals surface area contributed by atoms with E-state index in [4.69, 9.17) is 5.10 Å². The third-order valence-electron chi connectivity index (χ3n) is 5.89. The number of Topliss-reactive ketones (excluding diaryl/α,β-unsaturated/α-hetero) is 1. The highest BCUT2D eigenvalue weighted by atomic mass is 16.1. The first-order valence-electron chi connectivity index (χ1n) is 9.30. The zero-order valence-corrected chi connectivity index (χ0v) is 14.5. The van der Waals surface area contributed by atoms with Gasteiger partial charge >= 0.3 is 0 Å². The van der Waals surface area contributed by atoms with Crippen LogP contribution in [0, 0.1) is 11.8 Å². The van der Waals surface area contributed by atoms with Crippen LogP contribution in [-0.2, 0) is 4.79 Å². The summed E-state index contributed by atoms with van der Waals surface area (Å²) < 4.78 is 0. The molecule has 0 radical (unpaired) electrons. The van der Waals surface area contributed by atoms with E-state index >= 15 is 0 Å². The Bertz CT molecular complexity index is 836. The van der Waals surface area contributed by atoms with Gasteiger partial charge in [-0.15, -0.1) is 0 Å². The number of rotatable bonds is 4. The molecule has 2 aromatic rings. The number of hydrazone groups is 1. The van der Waals surface area contributed by atoms with Gasteiger partial charge in [0.1, 0.15) is 5.78 Å². The van der Waals surface area contributed by atoms with Crippen molar-refractivity contribution in [3.05, 3.63) is 60.7 Å². The summed E-state index contributed by atoms with van der Waals surface area (Å²) in [4.78, 5) is 12.8. The van der Waals surface area contributed by atoms with Gasteiger partial charge in [0.25, 0.3) is 0 Å². The van der Waals surface area contributed by atoms with Gasteiger partial charge in [-0.05, 0) is 30.7 Å². The van der Waals surface area contributed by atoms with E-state index in [2.05, 4.69) is 28.0 Å². The van der Waals surface area contributed by atoms with E-state index in [9.17, 15) is 4.79 Å². The molecule has 5 heteroatoms. The highest BCUT2D eigenvalue weighted by Gasteiger charge is 2.51. The predicted octanol–water partition coefficient (Wildman–Crippen LogP) is 3.22. The molecular weight excluding hydrogens is 324 g/mol. The van der Waals surface area contributed by atoms with E-state index < -0.39 is 0 Å². The van der Waals surface area contributed by atoms with E-state index in [-0.39, 0.29) is 18.0 Å². The number of carbonyl (C=O) groups is 1. The summed E-state index contributed by atoms with van der Waals surface area (Å²) in [6.07, 6.45) is 2.31. The summed E-state index contributed by atoms with van der Waals surface area (Å²) in [5.41, 5.74) is 9.98. The van der Waals surface area contributed by atoms with Gasteiger partial charge < -0.3 is 5.43 Å². The topological polar surface area (TPSA) is 56.7 Å². The third-order valence-corrected chi connectivity index (χ3v) is 5.89. The summed E-state index contributed by atoms with van der Waals surface area (Å²) in [6, 6.07) is 20.5. The first-order chi connectivity index (χ1) is 12.8. The monoisotopic (exact) mass is 346 g/mol. The molecule has 0 saturated heterocycles. The number of nitrogens with one attached hydrogen (secondary N) is 2. The van der Waals surface area contributed by atoms with Crippen LogP contribution < -0.4 is 15.9 Å². The molecule has 2 aliphatic carbocycles. The second-order valence-corrected chi connectivity index (χ2v) is 7.40. The van der Waals surface area contributed by atoms with Gasteiger partial charge in [-0.2, -0.15) is 5.10 Å². The van der Waals surface area contributed by atoms with Crippen LogP contribution >= 0.6 is 0 Å². The van der Waals surface area contributed by atoms with Crippen molar-refractivity contribution in [2.24, 2.45) is 16.9 Å². The lowest BCUT2D eigenvalue weighted by Crippen LogP contribution is -2.55. The Hall–Kier alpha value is -2.66. The summed E-state index contributed by atoms with van der Waals surface area (Å²) in [6.45, 7) is 0. The standard InChI is InChI=1S/C21H22N4O/c26-21-13-20-16-11-17(21)18(23-22-14-7-3-1-4-8-14)12-19(16)24-25(20)15-9-5-2-6-10-15/h1-10,16-18,20,22-23H,11-13H2/t16-,17+,18+,20-/m1/s1. The van der Waals surface area contributed by atoms with E-state index in [1.165, 1.54) is 5.71 Å². The molecule has 2 fully saturated rings. The van der Waals surface area contributed by atoms with Crippen LogP contribution in [0.15, 0.2) is 65.8 Å². The minimum atomic E-state index is 0.0714. The van der Waals surface area contributed by atoms with Crippen molar-refractivity contribution in [3.63, 3.8) is 0 Å². The average molecular weight is 346 g/mol. The minimum absolute atomic E-state index is 0.0714. The maximum Gasteiger partial charge on any atom is 0.139 e. The van der Waals surface area contributed by atoms with Crippen LogP contribution in [0.2, 0.25) is 0 Å². The summed E-state index contributed by atoms with van der Waals surface area (Å²) in [7, 11) is 0. The van der Waals surface area contributed by atoms with E-state index in [1.807, 2.05) is 48.5 Å². The molecule has 132 valence electrons. The molecule has 2 N–H and O–H groups in total. The Morgan fingerprint density at radius 1 is 0.923 bits per heavy atom. The number of hydrogen-bond acceptors (Lipinski definition) is 5. The molecule has 0 unspecified atom stereocenters. The van der Waals surface area contributed by atoms with Crippen LogP contribution in [0.1, 0.15) is 19.3 Å². The molecule has 0 spiro atoms. The van der Waals surface area contributed by atoms with Crippen molar-refractivity contribution in [1.82, 2.24) is 5.43 Å². The second-order valence-electron chi connectivity index (χ2n) is 7.40. The quantitative estimate of drug-likeness (QED) is 0.835. The second kappa shape index (κ2) is 6.25. The van der Waals surface area contributed by atoms with Crippen molar-refractivity contribution in [2.45, 2.75) is 31.3 Å². The first-order valence-corrected chi connectivity index (χ1v) is 9.30. The molecule has 4 atom stereocenters. The normalized spacial score (nSPS) is 29.5. The SMILES string of the molecule is O=C1C[C@@H]2[C@@H]3C[C@H]1[C@@H](NNc1ccccc1)CC3=NN2c1ccccc1. The fourth-order valence-corrected chi connectivity index (χ4v) is 4.59. The lowest BCUT2D eigenvalue weighted by Gasteiger charge is -2.41. The molecule has 3 aliphatic rings. The Kier molecular flexibility index (Phi) is 3.75. The lowest BCUT2D eigenvalue weighted by molar-refractivity contribution is -0.126. The van der Waals surface area contributed by atoms with Crippen molar-refractivity contribution in [1.29, 1.82) is 0 Å². The maximum absolute atomic E-state index is 12.8. The number of fused-ring (bicyclic) bond motifs is 1. The number of carbonyl (C=O) groups excluding carboxylic acids is 1. The number of benzene rings is 2. The number of hydrogen-bond donors (Lipinski definition) is 2. The van der Waals surface area contributed by atoms with E-state index in [0.29, 0.717) is 18.1 Å². The molecule has 5 nitrogen and oxygen atoms in total. The van der Waals surface area contributed by atoms with Gasteiger partial charge in [-0.1, -0.05) is 36.4 Å². The molecule has 1 heterocycles. The molecule has 0 aromatic heterocycles. The fraction of sp³-hybridized carbons (Fsp3) is 0.333. The predicted molar refractivity (Wildman–Crippen MR) is 103 cm³/mol. The average Bonchev–Trinajstić information content (AvgIpc) is 3.07. The minimum Gasteiger partial charge on any atom is -0.321 e. The molecule has 5 rings (SSSR count). The number of nitrogens with zero attached hydrogens (tertiary/aromatic N) is 2. The number of anilines is 2. The lowest BCUT2D eigenvalue weighted by atomic mass is 9.66. The Labute approximate surface area is 153 Å². The molecule has 26 heavy (non-hydrogen) atoms. The van der Waals surface area contributed by atoms with Crippen molar-refractivity contribution in [2.75, 3.05) is 10.4 Å². The van der Waals surface area contributed by atoms with Crippen molar-refractivity contribution in [3.8, 4) is 0 Å². The first kappa shape index (κ1) is 15.6. The number of ketones is 1. The highest BCUT2D eigenvalue weighted by Crippen LogP contribution is 2.44. The summed E-state index contributed by atoms with van der Waals surface area (Å²) >= 11 is 0. The zero-order valence-electron chi connectivity index (χ0n) is 14.5. The Balaban J connectivity index is 1.38. The fourth-order valence-electron chi connectivity index (χ4n) is 4.59. The molecule has 2 saturated carbocycles.